The molecule has 0 rings (SSSR count). The Labute approximate surface area is 132 Å². The monoisotopic (exact) mass is 358 g/mol. The van der Waals surface area contributed by atoms with Crippen molar-refractivity contribution in [2.45, 2.75) is 37.8 Å². The van der Waals surface area contributed by atoms with Gasteiger partial charge in [0.15, 0.2) is 0 Å². The second-order valence-corrected chi connectivity index (χ2v) is 13.3. The van der Waals surface area contributed by atoms with Crippen molar-refractivity contribution in [1.82, 2.24) is 0 Å². The van der Waals surface area contributed by atoms with Gasteiger partial charge in [0, 0.05) is 28.4 Å². The summed E-state index contributed by atoms with van der Waals surface area (Å²) >= 11 is 0. The molecule has 2 atom stereocenters. The topological polar surface area (TPSA) is 71.1 Å². The van der Waals surface area contributed by atoms with E-state index in [-0.39, 0.29) is 22.6 Å². The van der Waals surface area contributed by atoms with E-state index in [0.29, 0.717) is 12.8 Å². The Bertz CT molecular complexity index is 329. The lowest BCUT2D eigenvalue weighted by atomic mass is 10.4. The molecule has 0 saturated heterocycles. The molecule has 0 aliphatic carbocycles. The fourth-order valence-corrected chi connectivity index (χ4v) is 7.50. The molecule has 6 nitrogen and oxygen atoms in total. The van der Waals surface area contributed by atoms with Gasteiger partial charge >= 0.3 is 18.6 Å². The molecule has 21 heavy (non-hydrogen) atoms. The minimum absolute atomic E-state index is 0.173. The third-order valence-corrected chi connectivity index (χ3v) is 9.73. The standard InChI is InChI=1S/C12H30O6SSi2/c1-11(20(15-3)16-4)7-9-19(13,14)10-8-12(2)21(17-5)18-6/h11-12,20-21H,7-10H2,1-6H3. The fourth-order valence-electron chi connectivity index (χ4n) is 2.23. The Morgan fingerprint density at radius 2 is 1.05 bits per heavy atom. The molecule has 2 unspecified atom stereocenters. The molecular formula is C12H30O6SSi2. The summed E-state index contributed by atoms with van der Waals surface area (Å²) in [5.74, 6) is 0.368. The molecule has 0 radical (unpaired) electrons. The lowest BCUT2D eigenvalue weighted by molar-refractivity contribution is 0.266. The predicted molar refractivity (Wildman–Crippen MR) is 89.1 cm³/mol. The molecule has 0 aliphatic rings. The molecule has 0 N–H and O–H groups in total. The summed E-state index contributed by atoms with van der Waals surface area (Å²) in [5.41, 5.74) is 0.347. The number of hydrogen-bond acceptors (Lipinski definition) is 6. The van der Waals surface area contributed by atoms with Gasteiger partial charge in [0.05, 0.1) is 11.5 Å². The largest absolute Gasteiger partial charge is 0.400 e. The van der Waals surface area contributed by atoms with Crippen LogP contribution < -0.4 is 0 Å². The average molecular weight is 359 g/mol. The average Bonchev–Trinajstić information content (AvgIpc) is 2.46. The SMILES string of the molecule is CO[SiH](OC)C(C)CCS(=O)(=O)CCC(C)[SiH](OC)OC. The van der Waals surface area contributed by atoms with Crippen LogP contribution in [-0.2, 0) is 27.5 Å². The first kappa shape index (κ1) is 21.2. The minimum Gasteiger partial charge on any atom is -0.400 e. The van der Waals surface area contributed by atoms with E-state index in [4.69, 9.17) is 17.7 Å². The van der Waals surface area contributed by atoms with Crippen molar-refractivity contribution in [3.63, 3.8) is 0 Å². The van der Waals surface area contributed by atoms with Gasteiger partial charge in [-0.1, -0.05) is 13.8 Å². The van der Waals surface area contributed by atoms with Gasteiger partial charge in [-0.15, -0.1) is 0 Å². The molecule has 0 aromatic carbocycles. The lowest BCUT2D eigenvalue weighted by Gasteiger charge is -2.20. The maximum Gasteiger partial charge on any atom is 0.323 e. The van der Waals surface area contributed by atoms with E-state index in [2.05, 4.69) is 0 Å². The number of sulfone groups is 1. The van der Waals surface area contributed by atoms with Crippen molar-refractivity contribution in [2.75, 3.05) is 39.9 Å². The molecule has 0 spiro atoms. The first-order chi connectivity index (χ1) is 9.81. The van der Waals surface area contributed by atoms with Crippen molar-refractivity contribution in [1.29, 1.82) is 0 Å². The van der Waals surface area contributed by atoms with Gasteiger partial charge < -0.3 is 17.7 Å². The zero-order valence-corrected chi connectivity index (χ0v) is 17.1. The van der Waals surface area contributed by atoms with Gasteiger partial charge in [0.2, 0.25) is 0 Å². The Balaban J connectivity index is 4.26. The highest BCUT2D eigenvalue weighted by Gasteiger charge is 2.25. The van der Waals surface area contributed by atoms with Gasteiger partial charge in [-0.3, -0.25) is 0 Å². The van der Waals surface area contributed by atoms with Crippen molar-refractivity contribution in [3.05, 3.63) is 0 Å². The Hall–Kier alpha value is 0.224. The van der Waals surface area contributed by atoms with E-state index in [1.54, 1.807) is 28.4 Å². The van der Waals surface area contributed by atoms with Crippen LogP contribution in [0.5, 0.6) is 0 Å². The summed E-state index contributed by atoms with van der Waals surface area (Å²) in [4.78, 5) is 0. The maximum atomic E-state index is 12.1. The van der Waals surface area contributed by atoms with Crippen molar-refractivity contribution in [3.8, 4) is 0 Å². The van der Waals surface area contributed by atoms with Crippen LogP contribution in [0.25, 0.3) is 0 Å². The first-order valence-electron chi connectivity index (χ1n) is 7.12. The molecule has 0 bridgehead atoms. The summed E-state index contributed by atoms with van der Waals surface area (Å²) in [6.07, 6.45) is 1.18. The van der Waals surface area contributed by atoms with Gasteiger partial charge in [-0.25, -0.2) is 8.42 Å². The van der Waals surface area contributed by atoms with E-state index in [0.717, 1.165) is 0 Å². The molecule has 0 amide bonds. The van der Waals surface area contributed by atoms with Gasteiger partial charge in [0.1, 0.15) is 9.84 Å². The number of hydrogen-bond donors (Lipinski definition) is 0. The molecular weight excluding hydrogens is 328 g/mol. The zero-order chi connectivity index (χ0) is 16.5. The van der Waals surface area contributed by atoms with Crippen molar-refractivity contribution < 1.29 is 26.1 Å². The van der Waals surface area contributed by atoms with Crippen molar-refractivity contribution >= 4 is 28.4 Å². The van der Waals surface area contributed by atoms with Crippen LogP contribution in [-0.4, -0.2) is 66.9 Å². The third-order valence-electron chi connectivity index (χ3n) is 3.63. The summed E-state index contributed by atoms with van der Waals surface area (Å²) < 4.78 is 45.3. The normalized spacial score (nSPS) is 15.6. The summed E-state index contributed by atoms with van der Waals surface area (Å²) in [6, 6.07) is 0. The van der Waals surface area contributed by atoms with E-state index in [1.165, 1.54) is 0 Å². The lowest BCUT2D eigenvalue weighted by Crippen LogP contribution is -2.28. The molecule has 0 aromatic heterocycles. The van der Waals surface area contributed by atoms with E-state index < -0.39 is 28.4 Å². The molecule has 0 heterocycles. The highest BCUT2D eigenvalue weighted by Crippen LogP contribution is 2.20. The van der Waals surface area contributed by atoms with Crippen LogP contribution in [0.15, 0.2) is 0 Å². The van der Waals surface area contributed by atoms with Crippen LogP contribution in [0.1, 0.15) is 26.7 Å². The van der Waals surface area contributed by atoms with Gasteiger partial charge in [-0.05, 0) is 23.9 Å². The maximum absolute atomic E-state index is 12.1. The minimum atomic E-state index is -3.05. The smallest absolute Gasteiger partial charge is 0.323 e. The molecule has 0 fully saturated rings. The van der Waals surface area contributed by atoms with E-state index >= 15 is 0 Å². The molecule has 0 saturated carbocycles. The second-order valence-electron chi connectivity index (χ2n) is 5.36. The highest BCUT2D eigenvalue weighted by molar-refractivity contribution is 7.91. The quantitative estimate of drug-likeness (QED) is 0.485. The Kier molecular flexibility index (Phi) is 11.0. The van der Waals surface area contributed by atoms with E-state index in [9.17, 15) is 8.42 Å². The summed E-state index contributed by atoms with van der Waals surface area (Å²) in [5, 5.41) is 0. The predicted octanol–water partition coefficient (Wildman–Crippen LogP) is 0.988. The summed E-state index contributed by atoms with van der Waals surface area (Å²) in [7, 11) is -0.0548. The van der Waals surface area contributed by atoms with Crippen LogP contribution in [0.4, 0.5) is 0 Å². The Morgan fingerprint density at radius 1 is 0.762 bits per heavy atom. The van der Waals surface area contributed by atoms with Crippen LogP contribution in [0.2, 0.25) is 11.1 Å². The first-order valence-corrected chi connectivity index (χ1v) is 12.2. The fraction of sp³-hybridized carbons (Fsp3) is 1.00. The third kappa shape index (κ3) is 8.43. The molecule has 128 valence electrons. The number of rotatable bonds is 12. The van der Waals surface area contributed by atoms with Gasteiger partial charge in [-0.2, -0.15) is 0 Å². The molecule has 9 heteroatoms. The molecule has 0 aliphatic heterocycles. The Morgan fingerprint density at radius 3 is 1.29 bits per heavy atom. The molecule has 0 aromatic rings. The second kappa shape index (κ2) is 10.9. The van der Waals surface area contributed by atoms with E-state index in [1.807, 2.05) is 13.8 Å². The van der Waals surface area contributed by atoms with Crippen LogP contribution in [0.3, 0.4) is 0 Å². The van der Waals surface area contributed by atoms with Crippen molar-refractivity contribution in [2.24, 2.45) is 0 Å². The van der Waals surface area contributed by atoms with Crippen LogP contribution >= 0.6 is 0 Å². The van der Waals surface area contributed by atoms with Crippen LogP contribution in [0, 0.1) is 0 Å². The van der Waals surface area contributed by atoms with Gasteiger partial charge in [0.25, 0.3) is 0 Å². The summed E-state index contributed by atoms with van der Waals surface area (Å²) in [6.45, 7) is 3.97. The highest BCUT2D eigenvalue weighted by atomic mass is 32.2. The zero-order valence-electron chi connectivity index (χ0n) is 14.0.